The number of aliphatic carboxylic acids is 1. The summed E-state index contributed by atoms with van der Waals surface area (Å²) in [6, 6.07) is 16.9. The number of sulfonamides is 1. The lowest BCUT2D eigenvalue weighted by atomic mass is 10.0. The van der Waals surface area contributed by atoms with Crippen LogP contribution in [-0.4, -0.2) is 36.5 Å². The maximum Gasteiger partial charge on any atom is 0.322 e. The second-order valence-corrected chi connectivity index (χ2v) is 11.7. The number of aryl methyl sites for hydroxylation is 3. The number of anilines is 1. The van der Waals surface area contributed by atoms with Crippen LogP contribution < -0.4 is 15.4 Å². The molecular formula is C29H32N4O6S. The van der Waals surface area contributed by atoms with Gasteiger partial charge in [-0.05, 0) is 80.0 Å². The van der Waals surface area contributed by atoms with E-state index in [1.165, 1.54) is 0 Å². The van der Waals surface area contributed by atoms with Gasteiger partial charge in [0.2, 0.25) is 10.0 Å². The number of nitro groups is 1. The lowest BCUT2D eigenvalue weighted by Gasteiger charge is -2.18. The van der Waals surface area contributed by atoms with E-state index >= 15 is 0 Å². The van der Waals surface area contributed by atoms with E-state index in [9.17, 15) is 28.4 Å². The van der Waals surface area contributed by atoms with E-state index < -0.39 is 27.0 Å². The Morgan fingerprint density at radius 1 is 1.05 bits per heavy atom. The zero-order valence-electron chi connectivity index (χ0n) is 22.5. The average Bonchev–Trinajstić information content (AvgIpc) is 3.67. The van der Waals surface area contributed by atoms with Gasteiger partial charge in [0.25, 0.3) is 6.20 Å². The van der Waals surface area contributed by atoms with Gasteiger partial charge in [0.15, 0.2) is 5.82 Å². The van der Waals surface area contributed by atoms with Gasteiger partial charge in [-0.25, -0.2) is 8.42 Å². The fourth-order valence-corrected chi connectivity index (χ4v) is 6.32. The van der Waals surface area contributed by atoms with Crippen LogP contribution in [0, 0.1) is 30.9 Å². The lowest BCUT2D eigenvalue weighted by Crippen LogP contribution is -2.42. The number of rotatable bonds is 12. The van der Waals surface area contributed by atoms with E-state index in [-0.39, 0.29) is 17.4 Å². The van der Waals surface area contributed by atoms with Crippen molar-refractivity contribution >= 4 is 21.7 Å². The molecule has 0 amide bonds. The van der Waals surface area contributed by atoms with Crippen LogP contribution in [0.2, 0.25) is 0 Å². The van der Waals surface area contributed by atoms with Gasteiger partial charge < -0.3 is 15.7 Å². The first kappa shape index (κ1) is 28.8. The van der Waals surface area contributed by atoms with Gasteiger partial charge in [-0.3, -0.25) is 14.9 Å². The number of carbonyl (C=O) groups is 1. The lowest BCUT2D eigenvalue weighted by molar-refractivity contribution is -0.403. The molecular weight excluding hydrogens is 532 g/mol. The number of hydrogen-bond donors (Lipinski definition) is 4. The van der Waals surface area contributed by atoms with Crippen molar-refractivity contribution < 1.29 is 23.2 Å². The minimum absolute atomic E-state index is 0.0394. The molecule has 3 aromatic carbocycles. The smallest absolute Gasteiger partial charge is 0.322 e. The molecule has 40 heavy (non-hydrogen) atoms. The molecule has 1 aliphatic carbocycles. The Bertz CT molecular complexity index is 1540. The fraction of sp³-hybridized carbons (Fsp3) is 0.276. The normalized spacial score (nSPS) is 14.4. The van der Waals surface area contributed by atoms with Crippen molar-refractivity contribution in [1.29, 1.82) is 0 Å². The van der Waals surface area contributed by atoms with Gasteiger partial charge in [0, 0.05) is 11.7 Å². The average molecular weight is 565 g/mol. The molecule has 1 saturated carbocycles. The minimum atomic E-state index is -4.07. The first-order valence-electron chi connectivity index (χ1n) is 12.8. The molecule has 1 fully saturated rings. The van der Waals surface area contributed by atoms with Crippen LogP contribution in [0.25, 0.3) is 11.1 Å². The molecule has 4 N–H and O–H groups in total. The Kier molecular flexibility index (Phi) is 8.55. The number of carboxylic acids is 1. The standard InChI is InChI=1S/C29H32N4O6S/c1-18-13-19(2)28(20(3)14-18)40(38,39)32-26(29(34)35)15-21-7-9-22(10-8-21)23-5-4-6-25(16-23)31-27(17-33(36)37)30-24-11-12-24/h4-10,13-14,16-17,24,26,30-32H,11-12,15H2,1-3H3,(H,34,35)/t26-/m0/s1. The summed E-state index contributed by atoms with van der Waals surface area (Å²) in [5, 5.41) is 27.0. The Morgan fingerprint density at radius 2 is 1.70 bits per heavy atom. The maximum absolute atomic E-state index is 13.1. The maximum atomic E-state index is 13.1. The number of carboxylic acid groups (broad SMARTS) is 1. The minimum Gasteiger partial charge on any atom is -0.480 e. The van der Waals surface area contributed by atoms with E-state index in [1.807, 2.05) is 37.3 Å². The van der Waals surface area contributed by atoms with E-state index in [0.29, 0.717) is 28.2 Å². The van der Waals surface area contributed by atoms with Gasteiger partial charge in [-0.15, -0.1) is 0 Å². The molecule has 0 saturated heterocycles. The molecule has 210 valence electrons. The molecule has 0 heterocycles. The first-order chi connectivity index (χ1) is 18.9. The van der Waals surface area contributed by atoms with Crippen molar-refractivity contribution in [1.82, 2.24) is 10.0 Å². The van der Waals surface area contributed by atoms with Crippen molar-refractivity contribution in [3.05, 3.63) is 105 Å². The van der Waals surface area contributed by atoms with E-state index in [0.717, 1.165) is 35.7 Å². The van der Waals surface area contributed by atoms with Crippen LogP contribution >= 0.6 is 0 Å². The summed E-state index contributed by atoms with van der Waals surface area (Å²) in [6.07, 6.45) is 2.81. The van der Waals surface area contributed by atoms with Gasteiger partial charge in [-0.2, -0.15) is 4.72 Å². The molecule has 1 aliphatic rings. The second kappa shape index (κ2) is 11.9. The van der Waals surface area contributed by atoms with Crippen molar-refractivity contribution in [3.8, 4) is 11.1 Å². The number of nitrogens with one attached hydrogen (secondary N) is 3. The third-order valence-electron chi connectivity index (χ3n) is 6.51. The molecule has 0 aromatic heterocycles. The Hall–Kier alpha value is -4.22. The number of benzene rings is 3. The Balaban J connectivity index is 1.49. The van der Waals surface area contributed by atoms with E-state index in [1.54, 1.807) is 44.2 Å². The molecule has 0 bridgehead atoms. The van der Waals surface area contributed by atoms with Crippen molar-refractivity contribution in [3.63, 3.8) is 0 Å². The van der Waals surface area contributed by atoms with Crippen LogP contribution in [-0.2, 0) is 21.2 Å². The number of hydrogen-bond acceptors (Lipinski definition) is 7. The van der Waals surface area contributed by atoms with Gasteiger partial charge in [0.05, 0.1) is 9.82 Å². The van der Waals surface area contributed by atoms with Crippen LogP contribution in [0.4, 0.5) is 5.69 Å². The molecule has 3 aromatic rings. The molecule has 0 aliphatic heterocycles. The summed E-state index contributed by atoms with van der Waals surface area (Å²) in [5.41, 5.74) is 5.05. The highest BCUT2D eigenvalue weighted by molar-refractivity contribution is 7.89. The van der Waals surface area contributed by atoms with Crippen molar-refractivity contribution in [2.75, 3.05) is 5.32 Å². The van der Waals surface area contributed by atoms with Gasteiger partial charge >= 0.3 is 5.97 Å². The SMILES string of the molecule is Cc1cc(C)c(S(=O)(=O)N[C@@H](Cc2ccc(-c3cccc(NC(=C[N+](=O)[O-])NC4CC4)c3)cc2)C(=O)O)c(C)c1. The third kappa shape index (κ3) is 7.45. The summed E-state index contributed by atoms with van der Waals surface area (Å²) in [7, 11) is -4.07. The zero-order valence-corrected chi connectivity index (χ0v) is 23.3. The van der Waals surface area contributed by atoms with Gasteiger partial charge in [0.1, 0.15) is 6.04 Å². The Morgan fingerprint density at radius 3 is 2.27 bits per heavy atom. The highest BCUT2D eigenvalue weighted by Crippen LogP contribution is 2.26. The second-order valence-electron chi connectivity index (χ2n) is 10.1. The molecule has 4 rings (SSSR count). The zero-order chi connectivity index (χ0) is 29.0. The molecule has 10 nitrogen and oxygen atoms in total. The summed E-state index contributed by atoms with van der Waals surface area (Å²) < 4.78 is 28.6. The summed E-state index contributed by atoms with van der Waals surface area (Å²) >= 11 is 0. The van der Waals surface area contributed by atoms with Gasteiger partial charge in [-0.1, -0.05) is 54.1 Å². The molecule has 0 spiro atoms. The van der Waals surface area contributed by atoms with Crippen LogP contribution in [0.15, 0.2) is 77.6 Å². The van der Waals surface area contributed by atoms with E-state index in [4.69, 9.17) is 0 Å². The van der Waals surface area contributed by atoms with E-state index in [2.05, 4.69) is 15.4 Å². The quantitative estimate of drug-likeness (QED) is 0.186. The molecule has 0 unspecified atom stereocenters. The summed E-state index contributed by atoms with van der Waals surface area (Å²) in [6.45, 7) is 5.25. The molecule has 1 atom stereocenters. The molecule has 11 heteroatoms. The van der Waals surface area contributed by atoms with Crippen LogP contribution in [0.1, 0.15) is 35.1 Å². The van der Waals surface area contributed by atoms with Crippen molar-refractivity contribution in [2.45, 2.75) is 57.0 Å². The summed E-state index contributed by atoms with van der Waals surface area (Å²) in [4.78, 5) is 22.6. The highest BCUT2D eigenvalue weighted by Gasteiger charge is 2.28. The monoisotopic (exact) mass is 564 g/mol. The highest BCUT2D eigenvalue weighted by atomic mass is 32.2. The predicted molar refractivity (Wildman–Crippen MR) is 153 cm³/mol. The first-order valence-corrected chi connectivity index (χ1v) is 14.3. The van der Waals surface area contributed by atoms with Crippen LogP contribution in [0.3, 0.4) is 0 Å². The topological polar surface area (TPSA) is 151 Å². The van der Waals surface area contributed by atoms with Crippen molar-refractivity contribution in [2.24, 2.45) is 0 Å². The number of nitrogens with zero attached hydrogens (tertiary/aromatic N) is 1. The Labute approximate surface area is 233 Å². The summed E-state index contributed by atoms with van der Waals surface area (Å²) in [5.74, 6) is -0.953. The predicted octanol–water partition coefficient (Wildman–Crippen LogP) is 4.49. The molecule has 0 radical (unpaired) electrons. The largest absolute Gasteiger partial charge is 0.480 e. The van der Waals surface area contributed by atoms with Crippen LogP contribution in [0.5, 0.6) is 0 Å². The third-order valence-corrected chi connectivity index (χ3v) is 8.29. The fourth-order valence-electron chi connectivity index (χ4n) is 4.68.